The Labute approximate surface area is 121 Å². The summed E-state index contributed by atoms with van der Waals surface area (Å²) in [6, 6.07) is 3.75. The number of amides is 1. The van der Waals surface area contributed by atoms with Gasteiger partial charge in [-0.25, -0.2) is 0 Å². The number of carbonyl (C=O) groups excluding carboxylic acids is 2. The van der Waals surface area contributed by atoms with Crippen LogP contribution in [0.25, 0.3) is 0 Å². The minimum Gasteiger partial charge on any atom is -0.502 e. The van der Waals surface area contributed by atoms with Gasteiger partial charge in [-0.05, 0) is 12.5 Å². The highest BCUT2D eigenvalue weighted by Gasteiger charge is 2.23. The lowest BCUT2D eigenvalue weighted by Gasteiger charge is -2.17. The van der Waals surface area contributed by atoms with Gasteiger partial charge in [0.1, 0.15) is 0 Å². The predicted molar refractivity (Wildman–Crippen MR) is 73.0 cm³/mol. The number of hydrogen-bond donors (Lipinski definition) is 1. The van der Waals surface area contributed by atoms with E-state index in [0.717, 1.165) is 6.07 Å². The number of nitrogens with zero attached hydrogens (tertiary/aromatic N) is 2. The van der Waals surface area contributed by atoms with Gasteiger partial charge in [0.25, 0.3) is 5.91 Å². The number of benzene rings is 1. The molecule has 21 heavy (non-hydrogen) atoms. The number of phenolic OH excluding ortho intramolecular Hbond substituents is 1. The monoisotopic (exact) mass is 296 g/mol. The summed E-state index contributed by atoms with van der Waals surface area (Å²) >= 11 is 0. The molecule has 0 aliphatic carbocycles. The summed E-state index contributed by atoms with van der Waals surface area (Å²) in [4.78, 5) is 34.3. The van der Waals surface area contributed by atoms with Crippen molar-refractivity contribution in [2.24, 2.45) is 0 Å². The highest BCUT2D eigenvalue weighted by Crippen LogP contribution is 2.29. The Morgan fingerprint density at radius 2 is 2.10 bits per heavy atom. The van der Waals surface area contributed by atoms with Crippen LogP contribution in [0.3, 0.4) is 0 Å². The second-order valence-corrected chi connectivity index (χ2v) is 4.34. The Balaban J connectivity index is 2.77. The predicted octanol–water partition coefficient (Wildman–Crippen LogP) is 1.33. The molecule has 0 saturated carbocycles. The summed E-state index contributed by atoms with van der Waals surface area (Å²) in [6.07, 6.45) is 0.555. The average molecular weight is 296 g/mol. The smallest absolute Gasteiger partial charge is 0.311 e. The highest BCUT2D eigenvalue weighted by molar-refractivity contribution is 5.97. The van der Waals surface area contributed by atoms with Crippen molar-refractivity contribution >= 4 is 17.6 Å². The first-order chi connectivity index (χ1) is 9.88. The standard InChI is InChI=1S/C13H16N2O6/c1-14(8-4-7-11(16)21-2)13(18)9-5-3-6-10(12(9)17)15(19)20/h3,5-6,17H,4,7-8H2,1-2H3. The summed E-state index contributed by atoms with van der Waals surface area (Å²) in [5.41, 5.74) is -0.673. The molecule has 1 N–H and O–H groups in total. The maximum atomic E-state index is 12.1. The molecule has 8 heteroatoms. The van der Waals surface area contributed by atoms with Crippen molar-refractivity contribution in [3.63, 3.8) is 0 Å². The number of nitro groups is 1. The fraction of sp³-hybridized carbons (Fsp3) is 0.385. The van der Waals surface area contributed by atoms with E-state index in [0.29, 0.717) is 6.42 Å². The first kappa shape index (κ1) is 16.4. The first-order valence-corrected chi connectivity index (χ1v) is 6.17. The van der Waals surface area contributed by atoms with E-state index in [-0.39, 0.29) is 24.5 Å². The number of aromatic hydroxyl groups is 1. The van der Waals surface area contributed by atoms with E-state index >= 15 is 0 Å². The quantitative estimate of drug-likeness (QED) is 0.481. The molecular weight excluding hydrogens is 280 g/mol. The lowest BCUT2D eigenvalue weighted by Crippen LogP contribution is -2.28. The minimum atomic E-state index is -0.761. The third-order valence-electron chi connectivity index (χ3n) is 2.89. The van der Waals surface area contributed by atoms with Crippen LogP contribution < -0.4 is 0 Å². The van der Waals surface area contributed by atoms with Crippen LogP contribution in [0, 0.1) is 10.1 Å². The van der Waals surface area contributed by atoms with Gasteiger partial charge in [-0.2, -0.15) is 0 Å². The Kier molecular flexibility index (Phi) is 5.65. The molecule has 0 unspecified atom stereocenters. The van der Waals surface area contributed by atoms with Crippen LogP contribution in [0.15, 0.2) is 18.2 Å². The summed E-state index contributed by atoms with van der Waals surface area (Å²) < 4.78 is 4.48. The molecule has 8 nitrogen and oxygen atoms in total. The Hall–Kier alpha value is -2.64. The van der Waals surface area contributed by atoms with Gasteiger partial charge in [0, 0.05) is 26.1 Å². The molecule has 0 fully saturated rings. The second-order valence-electron chi connectivity index (χ2n) is 4.34. The van der Waals surface area contributed by atoms with Crippen LogP contribution in [-0.4, -0.2) is 47.5 Å². The maximum Gasteiger partial charge on any atom is 0.311 e. The van der Waals surface area contributed by atoms with Gasteiger partial charge >= 0.3 is 11.7 Å². The highest BCUT2D eigenvalue weighted by atomic mass is 16.6. The SMILES string of the molecule is COC(=O)CCCN(C)C(=O)c1cccc([N+](=O)[O-])c1O. The Morgan fingerprint density at radius 1 is 1.43 bits per heavy atom. The molecule has 0 heterocycles. The minimum absolute atomic E-state index is 0.148. The third kappa shape index (κ3) is 4.16. The number of hydrogen-bond acceptors (Lipinski definition) is 6. The molecule has 0 bridgehead atoms. The van der Waals surface area contributed by atoms with Gasteiger partial charge in [-0.1, -0.05) is 6.07 Å². The lowest BCUT2D eigenvalue weighted by atomic mass is 10.1. The van der Waals surface area contributed by atoms with E-state index in [1.165, 1.54) is 31.2 Å². The molecular formula is C13H16N2O6. The molecule has 0 aromatic heterocycles. The van der Waals surface area contributed by atoms with Crippen molar-refractivity contribution in [1.82, 2.24) is 4.90 Å². The molecule has 1 aromatic rings. The number of para-hydroxylation sites is 1. The van der Waals surface area contributed by atoms with Crippen molar-refractivity contribution in [1.29, 1.82) is 0 Å². The fourth-order valence-electron chi connectivity index (χ4n) is 1.72. The molecule has 0 saturated heterocycles. The van der Waals surface area contributed by atoms with Gasteiger partial charge in [0.15, 0.2) is 0 Å². The molecule has 0 aliphatic heterocycles. The maximum absolute atomic E-state index is 12.1. The van der Waals surface area contributed by atoms with Gasteiger partial charge in [0.2, 0.25) is 5.75 Å². The molecule has 1 aromatic carbocycles. The van der Waals surface area contributed by atoms with Gasteiger partial charge in [0.05, 0.1) is 17.6 Å². The molecule has 0 spiro atoms. The Morgan fingerprint density at radius 3 is 2.67 bits per heavy atom. The van der Waals surface area contributed by atoms with Crippen LogP contribution in [0.1, 0.15) is 23.2 Å². The normalized spacial score (nSPS) is 10.0. The topological polar surface area (TPSA) is 110 Å². The van der Waals surface area contributed by atoms with Crippen molar-refractivity contribution < 1.29 is 24.4 Å². The van der Waals surface area contributed by atoms with Crippen molar-refractivity contribution in [3.05, 3.63) is 33.9 Å². The average Bonchev–Trinajstić information content (AvgIpc) is 2.46. The number of carbonyl (C=O) groups is 2. The van der Waals surface area contributed by atoms with Gasteiger partial charge in [-0.3, -0.25) is 19.7 Å². The van der Waals surface area contributed by atoms with Crippen LogP contribution in [0.2, 0.25) is 0 Å². The molecule has 0 aliphatic rings. The number of methoxy groups -OCH3 is 1. The summed E-state index contributed by atoms with van der Waals surface area (Å²) in [7, 11) is 2.76. The zero-order chi connectivity index (χ0) is 16.0. The zero-order valence-corrected chi connectivity index (χ0v) is 11.7. The van der Waals surface area contributed by atoms with Crippen LogP contribution in [-0.2, 0) is 9.53 Å². The summed E-state index contributed by atoms with van der Waals surface area (Å²) in [5.74, 6) is -1.59. The van der Waals surface area contributed by atoms with E-state index in [2.05, 4.69) is 4.74 Å². The summed E-state index contributed by atoms with van der Waals surface area (Å²) in [5, 5.41) is 20.5. The van der Waals surface area contributed by atoms with Crippen LogP contribution in [0.5, 0.6) is 5.75 Å². The van der Waals surface area contributed by atoms with Crippen molar-refractivity contribution in [2.45, 2.75) is 12.8 Å². The largest absolute Gasteiger partial charge is 0.502 e. The first-order valence-electron chi connectivity index (χ1n) is 6.17. The van der Waals surface area contributed by atoms with E-state index in [9.17, 15) is 24.8 Å². The van der Waals surface area contributed by atoms with Gasteiger partial charge in [-0.15, -0.1) is 0 Å². The number of rotatable bonds is 6. The number of esters is 1. The van der Waals surface area contributed by atoms with E-state index in [4.69, 9.17) is 0 Å². The van der Waals surface area contributed by atoms with Crippen molar-refractivity contribution in [2.75, 3.05) is 20.7 Å². The third-order valence-corrected chi connectivity index (χ3v) is 2.89. The Bertz CT molecular complexity index is 558. The molecule has 1 amide bonds. The summed E-state index contributed by atoms with van der Waals surface area (Å²) in [6.45, 7) is 0.260. The lowest BCUT2D eigenvalue weighted by molar-refractivity contribution is -0.385. The van der Waals surface area contributed by atoms with Crippen molar-refractivity contribution in [3.8, 4) is 5.75 Å². The number of ether oxygens (including phenoxy) is 1. The molecule has 114 valence electrons. The van der Waals surface area contributed by atoms with Gasteiger partial charge < -0.3 is 14.7 Å². The van der Waals surface area contributed by atoms with Crippen LogP contribution >= 0.6 is 0 Å². The molecule has 1 rings (SSSR count). The van der Waals surface area contributed by atoms with E-state index in [1.807, 2.05) is 0 Å². The zero-order valence-electron chi connectivity index (χ0n) is 11.7. The second kappa shape index (κ2) is 7.22. The van der Waals surface area contributed by atoms with E-state index in [1.54, 1.807) is 0 Å². The molecule has 0 radical (unpaired) electrons. The van der Waals surface area contributed by atoms with Crippen LogP contribution in [0.4, 0.5) is 5.69 Å². The van der Waals surface area contributed by atoms with E-state index < -0.39 is 22.3 Å². The fourth-order valence-corrected chi connectivity index (χ4v) is 1.72. The number of phenols is 1. The number of nitro benzene ring substituents is 1. The molecule has 0 atom stereocenters.